The van der Waals surface area contributed by atoms with Gasteiger partial charge in [-0.15, -0.1) is 0 Å². The molecule has 82 valence electrons. The lowest BCUT2D eigenvalue weighted by Gasteiger charge is -2.09. The zero-order valence-corrected chi connectivity index (χ0v) is 9.83. The quantitative estimate of drug-likeness (QED) is 0.820. The molecule has 0 aliphatic rings. The van der Waals surface area contributed by atoms with E-state index >= 15 is 0 Å². The molecule has 0 bridgehead atoms. The highest BCUT2D eigenvalue weighted by molar-refractivity contribution is 5.67. The largest absolute Gasteiger partial charge is 0.316 e. The molecule has 1 heteroatoms. The predicted octanol–water partition coefficient (Wildman–Crippen LogP) is 3.38. The molecule has 0 saturated carbocycles. The molecule has 0 aromatic heterocycles. The highest BCUT2D eigenvalue weighted by Crippen LogP contribution is 2.24. The predicted molar refractivity (Wildman–Crippen MR) is 69.4 cm³/mol. The molecule has 0 aliphatic carbocycles. The molecule has 0 fully saturated rings. The Labute approximate surface area is 97.1 Å². The van der Waals surface area contributed by atoms with Crippen LogP contribution in [0.5, 0.6) is 0 Å². The molecule has 0 amide bonds. The van der Waals surface area contributed by atoms with Crippen molar-refractivity contribution in [2.45, 2.75) is 13.5 Å². The van der Waals surface area contributed by atoms with Gasteiger partial charge in [0.1, 0.15) is 0 Å². The zero-order chi connectivity index (χ0) is 11.4. The Morgan fingerprint density at radius 2 is 1.81 bits per heavy atom. The van der Waals surface area contributed by atoms with Gasteiger partial charge in [-0.25, -0.2) is 0 Å². The summed E-state index contributed by atoms with van der Waals surface area (Å²) in [6, 6.07) is 17.2. The number of benzene rings is 2. The van der Waals surface area contributed by atoms with E-state index in [0.717, 1.165) is 6.54 Å². The van der Waals surface area contributed by atoms with E-state index in [1.54, 1.807) is 0 Å². The number of hydrogen-bond donors (Lipinski definition) is 1. The van der Waals surface area contributed by atoms with E-state index < -0.39 is 0 Å². The van der Waals surface area contributed by atoms with Gasteiger partial charge < -0.3 is 5.32 Å². The molecule has 16 heavy (non-hydrogen) atoms. The van der Waals surface area contributed by atoms with Crippen LogP contribution in [0, 0.1) is 6.92 Å². The standard InChI is InChI=1S/C15H17N/c1-12-6-5-8-13(10-12)15-9-4-3-7-14(15)11-16-2/h3-10,16H,11H2,1-2H3. The molecule has 0 heterocycles. The van der Waals surface area contributed by atoms with Crippen molar-refractivity contribution in [1.82, 2.24) is 5.32 Å². The van der Waals surface area contributed by atoms with Gasteiger partial charge in [-0.2, -0.15) is 0 Å². The smallest absolute Gasteiger partial charge is 0.0208 e. The maximum absolute atomic E-state index is 3.21. The third-order valence-corrected chi connectivity index (χ3v) is 2.71. The lowest BCUT2D eigenvalue weighted by atomic mass is 9.98. The molecule has 0 radical (unpaired) electrons. The summed E-state index contributed by atoms with van der Waals surface area (Å²) in [5, 5.41) is 3.21. The van der Waals surface area contributed by atoms with Crippen LogP contribution in [0.1, 0.15) is 11.1 Å². The van der Waals surface area contributed by atoms with Gasteiger partial charge in [-0.05, 0) is 30.7 Å². The minimum Gasteiger partial charge on any atom is -0.316 e. The molecular weight excluding hydrogens is 194 g/mol. The summed E-state index contributed by atoms with van der Waals surface area (Å²) in [6.45, 7) is 3.04. The average Bonchev–Trinajstić information content (AvgIpc) is 2.30. The van der Waals surface area contributed by atoms with Crippen LogP contribution in [0.4, 0.5) is 0 Å². The molecule has 2 aromatic carbocycles. The second kappa shape index (κ2) is 4.95. The molecule has 2 rings (SSSR count). The Morgan fingerprint density at radius 1 is 1.00 bits per heavy atom. The van der Waals surface area contributed by atoms with Crippen molar-refractivity contribution in [3.8, 4) is 11.1 Å². The van der Waals surface area contributed by atoms with E-state index in [1.807, 2.05) is 7.05 Å². The van der Waals surface area contributed by atoms with Crippen molar-refractivity contribution in [3.05, 3.63) is 59.7 Å². The van der Waals surface area contributed by atoms with Crippen molar-refractivity contribution < 1.29 is 0 Å². The Kier molecular flexibility index (Phi) is 3.37. The maximum atomic E-state index is 3.21. The van der Waals surface area contributed by atoms with Crippen LogP contribution in [-0.2, 0) is 6.54 Å². The summed E-state index contributed by atoms with van der Waals surface area (Å²) in [5.74, 6) is 0. The highest BCUT2D eigenvalue weighted by Gasteiger charge is 2.03. The lowest BCUT2D eigenvalue weighted by Crippen LogP contribution is -2.06. The van der Waals surface area contributed by atoms with Gasteiger partial charge in [0.15, 0.2) is 0 Å². The summed E-state index contributed by atoms with van der Waals surface area (Å²) in [6.07, 6.45) is 0. The van der Waals surface area contributed by atoms with Crippen LogP contribution in [-0.4, -0.2) is 7.05 Å². The fourth-order valence-corrected chi connectivity index (χ4v) is 1.96. The SMILES string of the molecule is CNCc1ccccc1-c1cccc(C)c1. The first-order valence-electron chi connectivity index (χ1n) is 5.61. The van der Waals surface area contributed by atoms with E-state index in [9.17, 15) is 0 Å². The van der Waals surface area contributed by atoms with Gasteiger partial charge >= 0.3 is 0 Å². The van der Waals surface area contributed by atoms with E-state index in [-0.39, 0.29) is 0 Å². The van der Waals surface area contributed by atoms with Gasteiger partial charge in [0.05, 0.1) is 0 Å². The van der Waals surface area contributed by atoms with Crippen LogP contribution >= 0.6 is 0 Å². The summed E-state index contributed by atoms with van der Waals surface area (Å²) < 4.78 is 0. The van der Waals surface area contributed by atoms with Crippen LogP contribution in [0.2, 0.25) is 0 Å². The molecule has 1 N–H and O–H groups in total. The number of rotatable bonds is 3. The molecular formula is C15H17N. The third-order valence-electron chi connectivity index (χ3n) is 2.71. The normalized spacial score (nSPS) is 10.4. The second-order valence-electron chi connectivity index (χ2n) is 4.06. The van der Waals surface area contributed by atoms with Crippen molar-refractivity contribution in [2.24, 2.45) is 0 Å². The Morgan fingerprint density at radius 3 is 2.56 bits per heavy atom. The first-order valence-corrected chi connectivity index (χ1v) is 5.61. The summed E-state index contributed by atoms with van der Waals surface area (Å²) in [4.78, 5) is 0. The van der Waals surface area contributed by atoms with Crippen LogP contribution in [0.15, 0.2) is 48.5 Å². The average molecular weight is 211 g/mol. The lowest BCUT2D eigenvalue weighted by molar-refractivity contribution is 0.819. The number of nitrogens with one attached hydrogen (secondary N) is 1. The molecule has 0 spiro atoms. The van der Waals surface area contributed by atoms with Crippen molar-refractivity contribution in [2.75, 3.05) is 7.05 Å². The maximum Gasteiger partial charge on any atom is 0.0208 e. The van der Waals surface area contributed by atoms with E-state index in [4.69, 9.17) is 0 Å². The van der Waals surface area contributed by atoms with E-state index in [2.05, 4.69) is 60.8 Å². The fraction of sp³-hybridized carbons (Fsp3) is 0.200. The van der Waals surface area contributed by atoms with Crippen LogP contribution < -0.4 is 5.32 Å². The molecule has 0 saturated heterocycles. The Balaban J connectivity index is 2.46. The minimum atomic E-state index is 0.907. The van der Waals surface area contributed by atoms with Gasteiger partial charge in [0, 0.05) is 6.54 Å². The van der Waals surface area contributed by atoms with Crippen molar-refractivity contribution >= 4 is 0 Å². The Bertz CT molecular complexity index is 474. The highest BCUT2D eigenvalue weighted by atomic mass is 14.8. The molecule has 1 nitrogen and oxygen atoms in total. The topological polar surface area (TPSA) is 12.0 Å². The summed E-state index contributed by atoms with van der Waals surface area (Å²) in [5.41, 5.74) is 5.26. The van der Waals surface area contributed by atoms with Gasteiger partial charge in [-0.1, -0.05) is 54.1 Å². The summed E-state index contributed by atoms with van der Waals surface area (Å²) >= 11 is 0. The molecule has 2 aromatic rings. The Hall–Kier alpha value is -1.60. The first-order chi connectivity index (χ1) is 7.81. The van der Waals surface area contributed by atoms with Crippen LogP contribution in [0.25, 0.3) is 11.1 Å². The van der Waals surface area contributed by atoms with Gasteiger partial charge in [-0.3, -0.25) is 0 Å². The van der Waals surface area contributed by atoms with Crippen molar-refractivity contribution in [1.29, 1.82) is 0 Å². The molecule has 0 atom stereocenters. The molecule has 0 aliphatic heterocycles. The van der Waals surface area contributed by atoms with Crippen molar-refractivity contribution in [3.63, 3.8) is 0 Å². The minimum absolute atomic E-state index is 0.907. The van der Waals surface area contributed by atoms with Crippen LogP contribution in [0.3, 0.4) is 0 Å². The fourth-order valence-electron chi connectivity index (χ4n) is 1.96. The van der Waals surface area contributed by atoms with E-state index in [0.29, 0.717) is 0 Å². The van der Waals surface area contributed by atoms with Gasteiger partial charge in [0.25, 0.3) is 0 Å². The zero-order valence-electron chi connectivity index (χ0n) is 9.83. The number of aryl methyl sites for hydroxylation is 1. The van der Waals surface area contributed by atoms with Gasteiger partial charge in [0.2, 0.25) is 0 Å². The van der Waals surface area contributed by atoms with E-state index in [1.165, 1.54) is 22.3 Å². The second-order valence-corrected chi connectivity index (χ2v) is 4.06. The first kappa shape index (κ1) is 10.9. The third kappa shape index (κ3) is 2.31. The number of hydrogen-bond acceptors (Lipinski definition) is 1. The monoisotopic (exact) mass is 211 g/mol. The summed E-state index contributed by atoms with van der Waals surface area (Å²) in [7, 11) is 1.98. The molecule has 0 unspecified atom stereocenters.